The van der Waals surface area contributed by atoms with E-state index in [1.54, 1.807) is 0 Å². The molecule has 0 radical (unpaired) electrons. The van der Waals surface area contributed by atoms with Crippen molar-refractivity contribution in [1.29, 1.82) is 0 Å². The Kier molecular flexibility index (Phi) is 5.74. The number of anilines is 1. The summed E-state index contributed by atoms with van der Waals surface area (Å²) in [5.74, 6) is -1.14. The molecule has 0 unspecified atom stereocenters. The van der Waals surface area contributed by atoms with Crippen LogP contribution in [0.2, 0.25) is 5.02 Å². The number of benzene rings is 2. The van der Waals surface area contributed by atoms with Crippen LogP contribution in [0.5, 0.6) is 0 Å². The predicted molar refractivity (Wildman–Crippen MR) is 89.4 cm³/mol. The first-order valence-electron chi connectivity index (χ1n) is 6.28. The monoisotopic (exact) mass is 420 g/mol. The molecule has 0 heterocycles. The van der Waals surface area contributed by atoms with Crippen LogP contribution in [0.15, 0.2) is 51.8 Å². The third kappa shape index (κ3) is 5.00. The molecule has 2 rings (SSSR count). The van der Waals surface area contributed by atoms with E-state index in [1.165, 1.54) is 36.4 Å². The van der Waals surface area contributed by atoms with E-state index < -0.39 is 28.3 Å². The Balaban J connectivity index is 2.03. The molecular formula is C14H11BrClFN2O3S. The second kappa shape index (κ2) is 7.39. The summed E-state index contributed by atoms with van der Waals surface area (Å²) < 4.78 is 40.0. The molecule has 122 valence electrons. The number of nitrogens with one attached hydrogen (secondary N) is 2. The lowest BCUT2D eigenvalue weighted by atomic mass is 10.3. The highest BCUT2D eigenvalue weighted by Crippen LogP contribution is 2.24. The van der Waals surface area contributed by atoms with Crippen LogP contribution in [0.1, 0.15) is 0 Å². The summed E-state index contributed by atoms with van der Waals surface area (Å²) in [6, 6.07) is 9.54. The molecule has 0 spiro atoms. The second-order valence-corrected chi connectivity index (χ2v) is 7.52. The van der Waals surface area contributed by atoms with Crippen LogP contribution in [-0.2, 0) is 14.8 Å². The lowest BCUT2D eigenvalue weighted by Crippen LogP contribution is -2.33. The van der Waals surface area contributed by atoms with Crippen molar-refractivity contribution in [3.05, 3.63) is 57.8 Å². The Morgan fingerprint density at radius 3 is 2.61 bits per heavy atom. The molecule has 0 aliphatic carbocycles. The second-order valence-electron chi connectivity index (χ2n) is 4.46. The topological polar surface area (TPSA) is 75.3 Å². The summed E-state index contributed by atoms with van der Waals surface area (Å²) in [5.41, 5.74) is 0.232. The number of rotatable bonds is 5. The van der Waals surface area contributed by atoms with Gasteiger partial charge in [0.25, 0.3) is 0 Å². The number of halogens is 3. The van der Waals surface area contributed by atoms with Crippen LogP contribution in [-0.4, -0.2) is 20.9 Å². The van der Waals surface area contributed by atoms with E-state index in [-0.39, 0.29) is 15.6 Å². The van der Waals surface area contributed by atoms with Crippen molar-refractivity contribution < 1.29 is 17.6 Å². The molecular weight excluding hydrogens is 411 g/mol. The van der Waals surface area contributed by atoms with Crippen molar-refractivity contribution in [3.63, 3.8) is 0 Å². The Morgan fingerprint density at radius 2 is 1.96 bits per heavy atom. The highest BCUT2D eigenvalue weighted by molar-refractivity contribution is 9.10. The number of amides is 1. The minimum absolute atomic E-state index is 0.0254. The van der Waals surface area contributed by atoms with E-state index in [1.807, 2.05) is 0 Å². The minimum Gasteiger partial charge on any atom is -0.325 e. The third-order valence-corrected chi connectivity index (χ3v) is 5.09. The first-order valence-corrected chi connectivity index (χ1v) is 8.93. The van der Waals surface area contributed by atoms with Crippen molar-refractivity contribution >= 4 is 49.1 Å². The zero-order valence-corrected chi connectivity index (χ0v) is 14.7. The van der Waals surface area contributed by atoms with Crippen molar-refractivity contribution in [3.8, 4) is 0 Å². The van der Waals surface area contributed by atoms with Crippen LogP contribution in [0.3, 0.4) is 0 Å². The molecule has 0 aromatic heterocycles. The molecule has 0 aliphatic heterocycles. The summed E-state index contributed by atoms with van der Waals surface area (Å²) >= 11 is 9.06. The molecule has 0 fully saturated rings. The van der Waals surface area contributed by atoms with Crippen LogP contribution in [0, 0.1) is 5.82 Å². The molecule has 2 aromatic rings. The quantitative estimate of drug-likeness (QED) is 0.779. The van der Waals surface area contributed by atoms with E-state index in [2.05, 4.69) is 26.0 Å². The molecule has 0 aliphatic rings. The predicted octanol–water partition coefficient (Wildman–Crippen LogP) is 3.16. The molecule has 23 heavy (non-hydrogen) atoms. The summed E-state index contributed by atoms with van der Waals surface area (Å²) in [5, 5.41) is 2.41. The number of hydrogen-bond acceptors (Lipinski definition) is 3. The van der Waals surface area contributed by atoms with E-state index in [0.717, 1.165) is 6.07 Å². The molecule has 0 saturated carbocycles. The average molecular weight is 422 g/mol. The summed E-state index contributed by atoms with van der Waals surface area (Å²) in [6.07, 6.45) is 0. The average Bonchev–Trinajstić information content (AvgIpc) is 2.45. The van der Waals surface area contributed by atoms with Gasteiger partial charge >= 0.3 is 0 Å². The fourth-order valence-corrected chi connectivity index (χ4v) is 3.72. The highest BCUT2D eigenvalue weighted by atomic mass is 79.9. The van der Waals surface area contributed by atoms with Gasteiger partial charge in [0.15, 0.2) is 0 Å². The van der Waals surface area contributed by atoms with Crippen molar-refractivity contribution in [2.24, 2.45) is 0 Å². The largest absolute Gasteiger partial charge is 0.325 e. The van der Waals surface area contributed by atoms with Crippen molar-refractivity contribution in [1.82, 2.24) is 4.72 Å². The molecule has 5 nitrogen and oxygen atoms in total. The fraction of sp³-hybridized carbons (Fsp3) is 0.0714. The zero-order chi connectivity index (χ0) is 17.0. The number of carbonyl (C=O) groups excluding carboxylic acids is 1. The van der Waals surface area contributed by atoms with Gasteiger partial charge in [-0.1, -0.05) is 33.6 Å². The van der Waals surface area contributed by atoms with E-state index in [9.17, 15) is 17.6 Å². The lowest BCUT2D eigenvalue weighted by Gasteiger charge is -2.09. The van der Waals surface area contributed by atoms with E-state index in [4.69, 9.17) is 11.6 Å². The molecule has 2 aromatic carbocycles. The van der Waals surface area contributed by atoms with Crippen molar-refractivity contribution in [2.45, 2.75) is 4.90 Å². The standard InChI is InChI=1S/C14H11BrClFN2O3S/c15-9-4-5-13(12(16)6-9)23(21,22)18-8-14(20)19-11-3-1-2-10(17)7-11/h1-7,18H,8H2,(H,19,20). The zero-order valence-electron chi connectivity index (χ0n) is 11.5. The maximum absolute atomic E-state index is 13.0. The SMILES string of the molecule is O=C(CNS(=O)(=O)c1ccc(Br)cc1Cl)Nc1cccc(F)c1. The van der Waals surface area contributed by atoms with Gasteiger partial charge in [0.2, 0.25) is 15.9 Å². The molecule has 0 saturated heterocycles. The summed E-state index contributed by atoms with van der Waals surface area (Å²) in [4.78, 5) is 11.6. The normalized spacial score (nSPS) is 11.3. The number of sulfonamides is 1. The van der Waals surface area contributed by atoms with Gasteiger partial charge < -0.3 is 5.32 Å². The van der Waals surface area contributed by atoms with Crippen LogP contribution >= 0.6 is 27.5 Å². The molecule has 0 bridgehead atoms. The van der Waals surface area contributed by atoms with Gasteiger partial charge in [-0.25, -0.2) is 17.5 Å². The summed E-state index contributed by atoms with van der Waals surface area (Å²) in [6.45, 7) is -0.509. The third-order valence-electron chi connectivity index (χ3n) is 2.71. The Bertz CT molecular complexity index is 846. The van der Waals surface area contributed by atoms with Crippen LogP contribution in [0.4, 0.5) is 10.1 Å². The smallest absolute Gasteiger partial charge is 0.242 e. The number of carbonyl (C=O) groups is 1. The van der Waals surface area contributed by atoms with Crippen LogP contribution in [0.25, 0.3) is 0 Å². The fourth-order valence-electron chi connectivity index (χ4n) is 1.70. The molecule has 0 atom stereocenters. The molecule has 1 amide bonds. The van der Waals surface area contributed by atoms with Gasteiger partial charge in [0, 0.05) is 10.2 Å². The molecule has 9 heteroatoms. The lowest BCUT2D eigenvalue weighted by molar-refractivity contribution is -0.115. The first-order chi connectivity index (χ1) is 10.8. The van der Waals surface area contributed by atoms with Crippen molar-refractivity contribution in [2.75, 3.05) is 11.9 Å². The first kappa shape index (κ1) is 17.9. The van der Waals surface area contributed by atoms with Gasteiger partial charge in [-0.2, -0.15) is 0 Å². The minimum atomic E-state index is -3.94. The maximum atomic E-state index is 13.0. The Hall–Kier alpha value is -1.48. The van der Waals surface area contributed by atoms with Gasteiger partial charge in [-0.15, -0.1) is 0 Å². The summed E-state index contributed by atoms with van der Waals surface area (Å²) in [7, 11) is -3.94. The van der Waals surface area contributed by atoms with E-state index >= 15 is 0 Å². The number of hydrogen-bond donors (Lipinski definition) is 2. The Morgan fingerprint density at radius 1 is 1.22 bits per heavy atom. The van der Waals surface area contributed by atoms with Crippen LogP contribution < -0.4 is 10.0 Å². The van der Waals surface area contributed by atoms with Gasteiger partial charge in [0.05, 0.1) is 11.6 Å². The van der Waals surface area contributed by atoms with Gasteiger partial charge in [-0.3, -0.25) is 4.79 Å². The van der Waals surface area contributed by atoms with Gasteiger partial charge in [0.1, 0.15) is 10.7 Å². The maximum Gasteiger partial charge on any atom is 0.242 e. The highest BCUT2D eigenvalue weighted by Gasteiger charge is 2.19. The van der Waals surface area contributed by atoms with Gasteiger partial charge in [-0.05, 0) is 36.4 Å². The molecule has 2 N–H and O–H groups in total. The Labute approximate surface area is 146 Å². The van der Waals surface area contributed by atoms with E-state index in [0.29, 0.717) is 4.47 Å².